The lowest BCUT2D eigenvalue weighted by atomic mass is 9.87. The topological polar surface area (TPSA) is 69.0 Å². The molecule has 27 heavy (non-hydrogen) atoms. The summed E-state index contributed by atoms with van der Waals surface area (Å²) in [6.45, 7) is 4.03. The maximum Gasteiger partial charge on any atom is 0.254 e. The Hall–Kier alpha value is -2.89. The van der Waals surface area contributed by atoms with Crippen LogP contribution in [0.25, 0.3) is 11.2 Å². The van der Waals surface area contributed by atoms with Crippen LogP contribution in [-0.4, -0.2) is 26.5 Å². The monoisotopic (exact) mass is 364 g/mol. The molecule has 1 amide bonds. The van der Waals surface area contributed by atoms with Crippen LogP contribution in [0.3, 0.4) is 0 Å². The summed E-state index contributed by atoms with van der Waals surface area (Å²) in [5.74, 6) is 0.732. The summed E-state index contributed by atoms with van der Waals surface area (Å²) in [5.41, 5.74) is 4.33. The van der Waals surface area contributed by atoms with Crippen LogP contribution in [0.4, 0.5) is 0 Å². The number of aromatic nitrogens is 3. The van der Waals surface area contributed by atoms with Crippen molar-refractivity contribution in [2.45, 2.75) is 45.3 Å². The number of imidazole rings is 1. The predicted molar refractivity (Wildman–Crippen MR) is 104 cm³/mol. The summed E-state index contributed by atoms with van der Waals surface area (Å²) < 4.78 is 7.66. The number of amides is 1. The molecule has 0 radical (unpaired) electrons. The van der Waals surface area contributed by atoms with Gasteiger partial charge in [-0.2, -0.15) is 0 Å². The number of carbonyl (C=O) groups is 1. The Morgan fingerprint density at radius 3 is 2.96 bits per heavy atom. The number of hydrogen-bond donors (Lipinski definition) is 1. The molecular weight excluding hydrogens is 340 g/mol. The van der Waals surface area contributed by atoms with E-state index in [1.807, 2.05) is 31.5 Å². The number of hydrogen-bond acceptors (Lipinski definition) is 4. The number of nitrogens with zero attached hydrogens (tertiary/aromatic N) is 3. The molecule has 1 aliphatic rings. The first-order valence-corrected chi connectivity index (χ1v) is 9.39. The lowest BCUT2D eigenvalue weighted by Crippen LogP contribution is -2.31. The van der Waals surface area contributed by atoms with E-state index in [0.717, 1.165) is 30.6 Å². The third-order valence-corrected chi connectivity index (χ3v) is 4.95. The van der Waals surface area contributed by atoms with E-state index in [-0.39, 0.29) is 18.1 Å². The number of rotatable bonds is 4. The van der Waals surface area contributed by atoms with Gasteiger partial charge in [-0.05, 0) is 62.4 Å². The molecule has 0 aliphatic heterocycles. The SMILES string of the molecule is CC(C)Oc1ccc2c(c1)[C@H](NC(=O)c1ccnc3c1ncn3C)CCC2. The Balaban J connectivity index is 1.62. The van der Waals surface area contributed by atoms with Crippen LogP contribution < -0.4 is 10.1 Å². The molecule has 140 valence electrons. The summed E-state index contributed by atoms with van der Waals surface area (Å²) in [5, 5.41) is 3.20. The summed E-state index contributed by atoms with van der Waals surface area (Å²) >= 11 is 0. The average molecular weight is 364 g/mol. The second kappa shape index (κ2) is 7.02. The van der Waals surface area contributed by atoms with Crippen LogP contribution >= 0.6 is 0 Å². The minimum Gasteiger partial charge on any atom is -0.491 e. The number of fused-ring (bicyclic) bond motifs is 2. The molecule has 0 saturated heterocycles. The number of carbonyl (C=O) groups excluding carboxylic acids is 1. The molecule has 3 aromatic rings. The number of aryl methyl sites for hydroxylation is 2. The largest absolute Gasteiger partial charge is 0.491 e. The molecule has 0 spiro atoms. The number of benzene rings is 1. The van der Waals surface area contributed by atoms with Crippen molar-refractivity contribution in [2.24, 2.45) is 7.05 Å². The van der Waals surface area contributed by atoms with Gasteiger partial charge in [-0.3, -0.25) is 4.79 Å². The van der Waals surface area contributed by atoms with Crippen LogP contribution in [0.15, 0.2) is 36.8 Å². The molecule has 1 N–H and O–H groups in total. The van der Waals surface area contributed by atoms with E-state index in [2.05, 4.69) is 27.4 Å². The van der Waals surface area contributed by atoms with E-state index < -0.39 is 0 Å². The van der Waals surface area contributed by atoms with E-state index in [1.165, 1.54) is 5.56 Å². The lowest BCUT2D eigenvalue weighted by molar-refractivity contribution is 0.0934. The normalized spacial score (nSPS) is 16.4. The van der Waals surface area contributed by atoms with Gasteiger partial charge < -0.3 is 14.6 Å². The first-order valence-electron chi connectivity index (χ1n) is 9.39. The zero-order chi connectivity index (χ0) is 19.0. The first-order chi connectivity index (χ1) is 13.0. The van der Waals surface area contributed by atoms with Crippen molar-refractivity contribution in [2.75, 3.05) is 0 Å². The number of ether oxygens (including phenoxy) is 1. The fourth-order valence-corrected chi connectivity index (χ4v) is 3.72. The van der Waals surface area contributed by atoms with Gasteiger partial charge in [0.1, 0.15) is 11.3 Å². The van der Waals surface area contributed by atoms with Gasteiger partial charge in [-0.1, -0.05) is 6.07 Å². The molecular formula is C21H24N4O2. The highest BCUT2D eigenvalue weighted by molar-refractivity contribution is 6.04. The molecule has 0 bridgehead atoms. The fraction of sp³-hybridized carbons (Fsp3) is 0.381. The van der Waals surface area contributed by atoms with Crippen molar-refractivity contribution in [1.29, 1.82) is 0 Å². The highest BCUT2D eigenvalue weighted by Gasteiger charge is 2.24. The van der Waals surface area contributed by atoms with Gasteiger partial charge in [0.15, 0.2) is 5.65 Å². The van der Waals surface area contributed by atoms with Crippen LogP contribution in [0.1, 0.15) is 54.2 Å². The molecule has 6 nitrogen and oxygen atoms in total. The average Bonchev–Trinajstić information content (AvgIpc) is 3.03. The van der Waals surface area contributed by atoms with E-state index in [1.54, 1.807) is 18.6 Å². The summed E-state index contributed by atoms with van der Waals surface area (Å²) in [7, 11) is 1.87. The Kier molecular flexibility index (Phi) is 4.56. The molecule has 1 atom stereocenters. The zero-order valence-electron chi connectivity index (χ0n) is 15.9. The smallest absolute Gasteiger partial charge is 0.254 e. The molecule has 6 heteroatoms. The zero-order valence-corrected chi connectivity index (χ0v) is 15.9. The molecule has 0 fully saturated rings. The minimum absolute atomic E-state index is 0.0242. The second-order valence-electron chi connectivity index (χ2n) is 7.33. The predicted octanol–water partition coefficient (Wildman–Crippen LogP) is 3.56. The Morgan fingerprint density at radius 2 is 2.15 bits per heavy atom. The first kappa shape index (κ1) is 17.5. The van der Waals surface area contributed by atoms with Gasteiger partial charge in [0.05, 0.1) is 24.0 Å². The van der Waals surface area contributed by atoms with Gasteiger partial charge in [0.2, 0.25) is 0 Å². The summed E-state index contributed by atoms with van der Waals surface area (Å²) in [6, 6.07) is 7.91. The van der Waals surface area contributed by atoms with Gasteiger partial charge in [0.25, 0.3) is 5.91 Å². The lowest BCUT2D eigenvalue weighted by Gasteiger charge is -2.27. The Labute approximate surface area is 158 Å². The molecule has 1 aliphatic carbocycles. The van der Waals surface area contributed by atoms with E-state index >= 15 is 0 Å². The number of pyridine rings is 1. The second-order valence-corrected chi connectivity index (χ2v) is 7.33. The molecule has 2 aromatic heterocycles. The highest BCUT2D eigenvalue weighted by Crippen LogP contribution is 2.33. The molecule has 4 rings (SSSR count). The molecule has 2 heterocycles. The fourth-order valence-electron chi connectivity index (χ4n) is 3.72. The van der Waals surface area contributed by atoms with E-state index in [4.69, 9.17) is 4.74 Å². The Bertz CT molecular complexity index is 993. The van der Waals surface area contributed by atoms with Gasteiger partial charge >= 0.3 is 0 Å². The summed E-state index contributed by atoms with van der Waals surface area (Å²) in [6.07, 6.45) is 6.46. The highest BCUT2D eigenvalue weighted by atomic mass is 16.5. The maximum atomic E-state index is 13.0. The van der Waals surface area contributed by atoms with Crippen molar-refractivity contribution in [3.8, 4) is 5.75 Å². The van der Waals surface area contributed by atoms with Crippen LogP contribution in [0, 0.1) is 0 Å². The quantitative estimate of drug-likeness (QED) is 0.768. The molecule has 0 saturated carbocycles. The molecule has 1 aromatic carbocycles. The number of nitrogens with one attached hydrogen (secondary N) is 1. The third-order valence-electron chi connectivity index (χ3n) is 4.95. The Morgan fingerprint density at radius 1 is 1.30 bits per heavy atom. The van der Waals surface area contributed by atoms with Crippen molar-refractivity contribution >= 4 is 17.1 Å². The minimum atomic E-state index is -0.117. The standard InChI is InChI=1S/C21H24N4O2/c1-13(2)27-15-8-7-14-5-4-6-18(17(14)11-15)24-21(26)16-9-10-22-20-19(16)23-12-25(20)3/h7-13,18H,4-6H2,1-3H3,(H,24,26)/t18-/m1/s1. The van der Waals surface area contributed by atoms with E-state index in [9.17, 15) is 4.79 Å². The third kappa shape index (κ3) is 3.39. The van der Waals surface area contributed by atoms with Crippen LogP contribution in [-0.2, 0) is 13.5 Å². The van der Waals surface area contributed by atoms with Crippen LogP contribution in [0.2, 0.25) is 0 Å². The van der Waals surface area contributed by atoms with Gasteiger partial charge in [0, 0.05) is 13.2 Å². The van der Waals surface area contributed by atoms with Crippen LogP contribution in [0.5, 0.6) is 5.75 Å². The van der Waals surface area contributed by atoms with Gasteiger partial charge in [-0.15, -0.1) is 0 Å². The maximum absolute atomic E-state index is 13.0. The summed E-state index contributed by atoms with van der Waals surface area (Å²) in [4.78, 5) is 21.6. The van der Waals surface area contributed by atoms with Gasteiger partial charge in [-0.25, -0.2) is 9.97 Å². The van der Waals surface area contributed by atoms with Crippen molar-refractivity contribution in [3.05, 3.63) is 53.5 Å². The van der Waals surface area contributed by atoms with Crippen molar-refractivity contribution < 1.29 is 9.53 Å². The van der Waals surface area contributed by atoms with Crippen molar-refractivity contribution in [3.63, 3.8) is 0 Å². The van der Waals surface area contributed by atoms with Crippen molar-refractivity contribution in [1.82, 2.24) is 19.9 Å². The van der Waals surface area contributed by atoms with E-state index in [0.29, 0.717) is 16.7 Å². The molecule has 0 unspecified atom stereocenters.